The van der Waals surface area contributed by atoms with Crippen molar-refractivity contribution in [2.75, 3.05) is 19.0 Å². The molecule has 3 heteroatoms. The van der Waals surface area contributed by atoms with E-state index in [2.05, 4.69) is 34.1 Å². The van der Waals surface area contributed by atoms with Crippen LogP contribution >= 0.6 is 0 Å². The van der Waals surface area contributed by atoms with Crippen LogP contribution in [-0.2, 0) is 4.79 Å². The van der Waals surface area contributed by atoms with Gasteiger partial charge in [-0.2, -0.15) is 0 Å². The largest absolute Gasteiger partial charge is 0.378 e. The number of nitrogens with zero attached hydrogens (tertiary/aromatic N) is 2. The number of anilines is 1. The summed E-state index contributed by atoms with van der Waals surface area (Å²) >= 11 is 0. The van der Waals surface area contributed by atoms with Crippen molar-refractivity contribution < 1.29 is 4.79 Å². The second kappa shape index (κ2) is 7.26. The van der Waals surface area contributed by atoms with Crippen molar-refractivity contribution in [3.63, 3.8) is 0 Å². The fourth-order valence-corrected chi connectivity index (χ4v) is 2.91. The number of Topliss-reactive ketones (excluding diaryl/α,β-unsaturated/α-hetero) is 1. The van der Waals surface area contributed by atoms with Crippen LogP contribution in [0.15, 0.2) is 59.9 Å². The third-order valence-corrected chi connectivity index (χ3v) is 4.27. The van der Waals surface area contributed by atoms with Crippen molar-refractivity contribution in [2.45, 2.75) is 19.3 Å². The van der Waals surface area contributed by atoms with E-state index < -0.39 is 0 Å². The molecule has 0 aliphatic heterocycles. The number of benzene rings is 1. The third-order valence-electron chi connectivity index (χ3n) is 4.27. The number of carbonyl (C=O) groups excluding carboxylic acids is 1. The van der Waals surface area contributed by atoms with Gasteiger partial charge in [0.1, 0.15) is 0 Å². The normalized spacial score (nSPS) is 18.2. The van der Waals surface area contributed by atoms with Crippen LogP contribution in [0.5, 0.6) is 0 Å². The molecule has 0 atom stereocenters. The highest BCUT2D eigenvalue weighted by Crippen LogP contribution is 2.28. The first-order valence-corrected chi connectivity index (χ1v) is 8.27. The number of carbonyl (C=O) groups is 1. The Labute approximate surface area is 143 Å². The maximum Gasteiger partial charge on any atom is 0.185 e. The van der Waals surface area contributed by atoms with Gasteiger partial charge < -0.3 is 4.90 Å². The Morgan fingerprint density at radius 1 is 0.875 bits per heavy atom. The lowest BCUT2D eigenvalue weighted by molar-refractivity contribution is -0.112. The van der Waals surface area contributed by atoms with Gasteiger partial charge in [-0.15, -0.1) is 0 Å². The molecule has 1 aromatic carbocycles. The van der Waals surface area contributed by atoms with Crippen molar-refractivity contribution >= 4 is 23.6 Å². The van der Waals surface area contributed by atoms with Gasteiger partial charge in [0.15, 0.2) is 5.78 Å². The summed E-state index contributed by atoms with van der Waals surface area (Å²) in [6, 6.07) is 12.1. The number of allylic oxidation sites excluding steroid dienone is 2. The summed E-state index contributed by atoms with van der Waals surface area (Å²) in [7, 11) is 4.04. The Kier molecular flexibility index (Phi) is 4.90. The van der Waals surface area contributed by atoms with Crippen molar-refractivity contribution in [2.24, 2.45) is 0 Å². The van der Waals surface area contributed by atoms with E-state index in [1.807, 2.05) is 38.4 Å². The molecule has 1 aliphatic carbocycles. The van der Waals surface area contributed by atoms with Crippen LogP contribution in [-0.4, -0.2) is 24.9 Å². The molecular weight excluding hydrogens is 296 g/mol. The predicted molar refractivity (Wildman–Crippen MR) is 99.8 cm³/mol. The lowest BCUT2D eigenvalue weighted by Gasteiger charge is -2.17. The smallest absolute Gasteiger partial charge is 0.185 e. The van der Waals surface area contributed by atoms with E-state index in [0.29, 0.717) is 0 Å². The summed E-state index contributed by atoms with van der Waals surface area (Å²) in [6.45, 7) is 0. The van der Waals surface area contributed by atoms with Crippen molar-refractivity contribution in [3.05, 3.63) is 71.1 Å². The summed E-state index contributed by atoms with van der Waals surface area (Å²) in [5.74, 6) is 0.176. The number of hydrogen-bond acceptors (Lipinski definition) is 3. The zero-order chi connectivity index (χ0) is 16.9. The van der Waals surface area contributed by atoms with Gasteiger partial charge in [0, 0.05) is 43.3 Å². The fraction of sp³-hybridized carbons (Fsp3) is 0.238. The van der Waals surface area contributed by atoms with E-state index in [-0.39, 0.29) is 5.78 Å². The molecule has 0 bridgehead atoms. The van der Waals surface area contributed by atoms with Crippen LogP contribution in [0.1, 0.15) is 30.4 Å². The van der Waals surface area contributed by atoms with Crippen LogP contribution in [0.4, 0.5) is 5.69 Å². The molecule has 0 saturated heterocycles. The topological polar surface area (TPSA) is 33.2 Å². The molecule has 0 N–H and O–H groups in total. The zero-order valence-electron chi connectivity index (χ0n) is 14.2. The van der Waals surface area contributed by atoms with Crippen LogP contribution in [0, 0.1) is 0 Å². The molecule has 1 aliphatic rings. The summed E-state index contributed by atoms with van der Waals surface area (Å²) in [4.78, 5) is 18.8. The quantitative estimate of drug-likeness (QED) is 0.788. The average molecular weight is 318 g/mol. The summed E-state index contributed by atoms with van der Waals surface area (Å²) < 4.78 is 0. The Hall–Kier alpha value is -2.68. The standard InChI is InChI=1S/C21H22N2O/c1-23(2)20-8-6-16(7-9-20)14-18-4-3-5-19(21(18)24)15-17-10-12-22-13-11-17/h6-15H,3-5H2,1-2H3/b18-14-,19-15+. The van der Waals surface area contributed by atoms with Gasteiger partial charge in [-0.3, -0.25) is 9.78 Å². The van der Waals surface area contributed by atoms with Gasteiger partial charge in [0.2, 0.25) is 0 Å². The fourth-order valence-electron chi connectivity index (χ4n) is 2.91. The van der Waals surface area contributed by atoms with Crippen LogP contribution < -0.4 is 4.90 Å². The molecule has 1 aromatic heterocycles. The second-order valence-corrected chi connectivity index (χ2v) is 6.29. The molecule has 0 amide bonds. The minimum absolute atomic E-state index is 0.176. The Balaban J connectivity index is 1.83. The van der Waals surface area contributed by atoms with Gasteiger partial charge in [0.05, 0.1) is 0 Å². The van der Waals surface area contributed by atoms with Gasteiger partial charge in [-0.05, 0) is 66.8 Å². The van der Waals surface area contributed by atoms with E-state index in [9.17, 15) is 4.79 Å². The molecule has 0 spiro atoms. The molecular formula is C21H22N2O. The molecule has 1 fully saturated rings. The van der Waals surface area contributed by atoms with Crippen molar-refractivity contribution in [1.82, 2.24) is 4.98 Å². The van der Waals surface area contributed by atoms with E-state index in [1.165, 1.54) is 0 Å². The molecule has 1 heterocycles. The number of ketones is 1. The van der Waals surface area contributed by atoms with Crippen molar-refractivity contribution in [1.29, 1.82) is 0 Å². The first kappa shape index (κ1) is 16.2. The molecule has 122 valence electrons. The summed E-state index contributed by atoms with van der Waals surface area (Å²) in [6.07, 6.45) is 10.2. The van der Waals surface area contributed by atoms with E-state index in [0.717, 1.165) is 47.2 Å². The monoisotopic (exact) mass is 318 g/mol. The van der Waals surface area contributed by atoms with Gasteiger partial charge >= 0.3 is 0 Å². The molecule has 24 heavy (non-hydrogen) atoms. The number of pyridine rings is 1. The minimum Gasteiger partial charge on any atom is -0.378 e. The van der Waals surface area contributed by atoms with Crippen molar-refractivity contribution in [3.8, 4) is 0 Å². The van der Waals surface area contributed by atoms with Crippen LogP contribution in [0.3, 0.4) is 0 Å². The first-order valence-electron chi connectivity index (χ1n) is 8.27. The zero-order valence-corrected chi connectivity index (χ0v) is 14.2. The molecule has 3 rings (SSSR count). The first-order chi connectivity index (χ1) is 11.6. The van der Waals surface area contributed by atoms with Gasteiger partial charge in [-0.25, -0.2) is 0 Å². The van der Waals surface area contributed by atoms with Crippen LogP contribution in [0.2, 0.25) is 0 Å². The lowest BCUT2D eigenvalue weighted by atomic mass is 9.87. The van der Waals surface area contributed by atoms with Gasteiger partial charge in [0.25, 0.3) is 0 Å². The number of rotatable bonds is 3. The van der Waals surface area contributed by atoms with E-state index in [4.69, 9.17) is 0 Å². The molecule has 1 saturated carbocycles. The molecule has 2 aromatic rings. The molecule has 0 radical (unpaired) electrons. The maximum atomic E-state index is 12.7. The second-order valence-electron chi connectivity index (χ2n) is 6.29. The minimum atomic E-state index is 0.176. The number of aromatic nitrogens is 1. The van der Waals surface area contributed by atoms with E-state index >= 15 is 0 Å². The maximum absolute atomic E-state index is 12.7. The van der Waals surface area contributed by atoms with E-state index in [1.54, 1.807) is 12.4 Å². The highest BCUT2D eigenvalue weighted by molar-refractivity contribution is 6.13. The summed E-state index contributed by atoms with van der Waals surface area (Å²) in [5, 5.41) is 0. The van der Waals surface area contributed by atoms with Crippen LogP contribution in [0.25, 0.3) is 12.2 Å². The lowest BCUT2D eigenvalue weighted by Crippen LogP contribution is -2.12. The molecule has 0 unspecified atom stereocenters. The SMILES string of the molecule is CN(C)c1ccc(/C=C2/CCC/C(=C\c3ccncc3)C2=O)cc1. The Bertz CT molecular complexity index is 771. The highest BCUT2D eigenvalue weighted by atomic mass is 16.1. The predicted octanol–water partition coefficient (Wildman–Crippen LogP) is 4.37. The van der Waals surface area contributed by atoms with Gasteiger partial charge in [-0.1, -0.05) is 12.1 Å². The highest BCUT2D eigenvalue weighted by Gasteiger charge is 2.20. The Morgan fingerprint density at radius 3 is 1.96 bits per heavy atom. The third kappa shape index (κ3) is 3.80. The average Bonchev–Trinajstić information content (AvgIpc) is 2.60. The molecule has 3 nitrogen and oxygen atoms in total. The summed E-state index contributed by atoms with van der Waals surface area (Å²) in [5.41, 5.74) is 5.06. The number of hydrogen-bond donors (Lipinski definition) is 0. The Morgan fingerprint density at radius 2 is 1.42 bits per heavy atom.